The third-order valence-corrected chi connectivity index (χ3v) is 4.04. The first kappa shape index (κ1) is 13.0. The zero-order chi connectivity index (χ0) is 11.3. The van der Waals surface area contributed by atoms with E-state index in [-0.39, 0.29) is 0 Å². The highest BCUT2D eigenvalue weighted by molar-refractivity contribution is 4.84. The molecule has 0 aromatic rings. The Morgan fingerprint density at radius 3 is 2.20 bits per heavy atom. The molecule has 0 aliphatic heterocycles. The predicted octanol–water partition coefficient (Wildman–Crippen LogP) is 2.48. The molecular formula is C13H28N2. The molecule has 0 aromatic carbocycles. The van der Waals surface area contributed by atoms with Crippen molar-refractivity contribution in [2.75, 3.05) is 20.6 Å². The molecule has 1 fully saturated rings. The molecule has 0 amide bonds. The van der Waals surface area contributed by atoms with Gasteiger partial charge in [0.05, 0.1) is 0 Å². The zero-order valence-corrected chi connectivity index (χ0v) is 10.7. The van der Waals surface area contributed by atoms with E-state index in [0.717, 1.165) is 12.5 Å². The van der Waals surface area contributed by atoms with Gasteiger partial charge in [-0.25, -0.2) is 0 Å². The quantitative estimate of drug-likeness (QED) is 0.758. The highest BCUT2D eigenvalue weighted by atomic mass is 15.1. The van der Waals surface area contributed by atoms with Gasteiger partial charge < -0.3 is 10.6 Å². The van der Waals surface area contributed by atoms with Crippen molar-refractivity contribution in [3.63, 3.8) is 0 Å². The predicted molar refractivity (Wildman–Crippen MR) is 66.9 cm³/mol. The summed E-state index contributed by atoms with van der Waals surface area (Å²) in [4.78, 5) is 2.41. The molecule has 0 bridgehead atoms. The van der Waals surface area contributed by atoms with Gasteiger partial charge in [-0.2, -0.15) is 0 Å². The van der Waals surface area contributed by atoms with Crippen molar-refractivity contribution in [1.82, 2.24) is 4.90 Å². The highest BCUT2D eigenvalue weighted by Crippen LogP contribution is 2.32. The number of hydrogen-bond donors (Lipinski definition) is 1. The molecule has 0 heterocycles. The number of nitrogens with two attached hydrogens (primary N) is 1. The Kier molecular flexibility index (Phi) is 5.62. The zero-order valence-electron chi connectivity index (χ0n) is 10.7. The topological polar surface area (TPSA) is 29.3 Å². The van der Waals surface area contributed by atoms with Crippen molar-refractivity contribution in [1.29, 1.82) is 0 Å². The van der Waals surface area contributed by atoms with Crippen LogP contribution in [0.4, 0.5) is 0 Å². The second-order valence-electron chi connectivity index (χ2n) is 5.26. The van der Waals surface area contributed by atoms with E-state index in [4.69, 9.17) is 5.73 Å². The largest absolute Gasteiger partial charge is 0.330 e. The standard InChI is InChI=1S/C13H28N2/c1-4-11(10-14)13(15(2)3)12-8-6-5-7-9-12/h11-13H,4-10,14H2,1-3H3. The lowest BCUT2D eigenvalue weighted by Gasteiger charge is -2.39. The molecule has 2 heteroatoms. The van der Waals surface area contributed by atoms with Gasteiger partial charge in [0.1, 0.15) is 0 Å². The summed E-state index contributed by atoms with van der Waals surface area (Å²) in [6.45, 7) is 3.12. The summed E-state index contributed by atoms with van der Waals surface area (Å²) >= 11 is 0. The molecule has 2 unspecified atom stereocenters. The van der Waals surface area contributed by atoms with E-state index in [0.29, 0.717) is 12.0 Å². The van der Waals surface area contributed by atoms with Crippen LogP contribution in [0.3, 0.4) is 0 Å². The van der Waals surface area contributed by atoms with Gasteiger partial charge in [-0.3, -0.25) is 0 Å². The summed E-state index contributed by atoms with van der Waals surface area (Å²) in [7, 11) is 4.44. The van der Waals surface area contributed by atoms with E-state index in [2.05, 4.69) is 25.9 Å². The van der Waals surface area contributed by atoms with Crippen LogP contribution in [0.25, 0.3) is 0 Å². The van der Waals surface area contributed by atoms with E-state index in [1.54, 1.807) is 0 Å². The van der Waals surface area contributed by atoms with E-state index in [9.17, 15) is 0 Å². The summed E-state index contributed by atoms with van der Waals surface area (Å²) < 4.78 is 0. The fraction of sp³-hybridized carbons (Fsp3) is 1.00. The smallest absolute Gasteiger partial charge is 0.0158 e. The molecule has 0 radical (unpaired) electrons. The molecule has 2 atom stereocenters. The van der Waals surface area contributed by atoms with Crippen LogP contribution in [-0.2, 0) is 0 Å². The molecule has 1 saturated carbocycles. The van der Waals surface area contributed by atoms with Crippen LogP contribution >= 0.6 is 0 Å². The van der Waals surface area contributed by atoms with Crippen molar-refractivity contribution in [2.45, 2.75) is 51.5 Å². The van der Waals surface area contributed by atoms with Crippen LogP contribution in [0.5, 0.6) is 0 Å². The first-order chi connectivity index (χ1) is 7.20. The Labute approximate surface area is 95.2 Å². The molecule has 2 N–H and O–H groups in total. The van der Waals surface area contributed by atoms with Gasteiger partial charge in [0.25, 0.3) is 0 Å². The Morgan fingerprint density at radius 2 is 1.80 bits per heavy atom. The van der Waals surface area contributed by atoms with E-state index >= 15 is 0 Å². The first-order valence-electron chi connectivity index (χ1n) is 6.57. The molecule has 0 spiro atoms. The van der Waals surface area contributed by atoms with E-state index in [1.807, 2.05) is 0 Å². The Balaban J connectivity index is 2.62. The molecule has 90 valence electrons. The van der Waals surface area contributed by atoms with Gasteiger partial charge in [0.2, 0.25) is 0 Å². The maximum Gasteiger partial charge on any atom is 0.0158 e. The monoisotopic (exact) mass is 212 g/mol. The summed E-state index contributed by atoms with van der Waals surface area (Å²) in [6.07, 6.45) is 8.34. The van der Waals surface area contributed by atoms with Gasteiger partial charge in [-0.1, -0.05) is 32.6 Å². The third-order valence-electron chi connectivity index (χ3n) is 4.04. The lowest BCUT2D eigenvalue weighted by Crippen LogP contribution is -2.44. The van der Waals surface area contributed by atoms with Crippen molar-refractivity contribution in [3.8, 4) is 0 Å². The van der Waals surface area contributed by atoms with Gasteiger partial charge in [-0.15, -0.1) is 0 Å². The average molecular weight is 212 g/mol. The second-order valence-corrected chi connectivity index (χ2v) is 5.26. The second kappa shape index (κ2) is 6.49. The van der Waals surface area contributed by atoms with Crippen LogP contribution in [-0.4, -0.2) is 31.6 Å². The maximum absolute atomic E-state index is 5.90. The van der Waals surface area contributed by atoms with Crippen molar-refractivity contribution >= 4 is 0 Å². The molecule has 2 nitrogen and oxygen atoms in total. The minimum Gasteiger partial charge on any atom is -0.330 e. The lowest BCUT2D eigenvalue weighted by molar-refractivity contribution is 0.113. The molecular weight excluding hydrogens is 184 g/mol. The molecule has 0 saturated heterocycles. The molecule has 15 heavy (non-hydrogen) atoms. The van der Waals surface area contributed by atoms with Gasteiger partial charge in [0, 0.05) is 6.04 Å². The van der Waals surface area contributed by atoms with Crippen LogP contribution in [0.2, 0.25) is 0 Å². The van der Waals surface area contributed by atoms with Gasteiger partial charge >= 0.3 is 0 Å². The Bertz CT molecular complexity index is 158. The van der Waals surface area contributed by atoms with Crippen LogP contribution in [0.1, 0.15) is 45.4 Å². The number of rotatable bonds is 5. The maximum atomic E-state index is 5.90. The number of nitrogens with zero attached hydrogens (tertiary/aromatic N) is 1. The van der Waals surface area contributed by atoms with E-state index < -0.39 is 0 Å². The van der Waals surface area contributed by atoms with Crippen molar-refractivity contribution in [2.24, 2.45) is 17.6 Å². The van der Waals surface area contributed by atoms with Crippen LogP contribution in [0, 0.1) is 11.8 Å². The normalized spacial score (nSPS) is 23.0. The summed E-state index contributed by atoms with van der Waals surface area (Å²) in [5.74, 6) is 1.57. The fourth-order valence-corrected chi connectivity index (χ4v) is 3.25. The number of hydrogen-bond acceptors (Lipinski definition) is 2. The van der Waals surface area contributed by atoms with Crippen LogP contribution < -0.4 is 5.73 Å². The highest BCUT2D eigenvalue weighted by Gasteiger charge is 2.30. The minimum absolute atomic E-state index is 0.683. The fourth-order valence-electron chi connectivity index (χ4n) is 3.25. The van der Waals surface area contributed by atoms with Gasteiger partial charge in [0.15, 0.2) is 0 Å². The Morgan fingerprint density at radius 1 is 1.20 bits per heavy atom. The van der Waals surface area contributed by atoms with Crippen molar-refractivity contribution in [3.05, 3.63) is 0 Å². The van der Waals surface area contributed by atoms with Gasteiger partial charge in [-0.05, 0) is 45.3 Å². The molecule has 1 rings (SSSR count). The molecule has 1 aliphatic rings. The summed E-state index contributed by atoms with van der Waals surface area (Å²) in [5.41, 5.74) is 5.90. The lowest BCUT2D eigenvalue weighted by atomic mass is 9.77. The molecule has 1 aliphatic carbocycles. The third kappa shape index (κ3) is 3.46. The summed E-state index contributed by atoms with van der Waals surface area (Å²) in [5, 5.41) is 0. The summed E-state index contributed by atoms with van der Waals surface area (Å²) in [6, 6.07) is 0.709. The van der Waals surface area contributed by atoms with E-state index in [1.165, 1.54) is 38.5 Å². The van der Waals surface area contributed by atoms with Crippen molar-refractivity contribution < 1.29 is 0 Å². The SMILES string of the molecule is CCC(CN)C(C1CCCCC1)N(C)C. The first-order valence-corrected chi connectivity index (χ1v) is 6.57. The molecule has 0 aromatic heterocycles. The Hall–Kier alpha value is -0.0800. The average Bonchev–Trinajstić information content (AvgIpc) is 2.26. The minimum atomic E-state index is 0.683. The van der Waals surface area contributed by atoms with Crippen LogP contribution in [0.15, 0.2) is 0 Å².